The van der Waals surface area contributed by atoms with Crippen LogP contribution in [0.1, 0.15) is 16.1 Å². The number of aliphatic hydroxyl groups excluding tert-OH is 1. The number of anilines is 3. The summed E-state index contributed by atoms with van der Waals surface area (Å²) in [4.78, 5) is 8.76. The highest BCUT2D eigenvalue weighted by Crippen LogP contribution is 2.28. The minimum absolute atomic E-state index is 0.240. The largest absolute Gasteiger partial charge is 0.396 e. The highest BCUT2D eigenvalue weighted by molar-refractivity contribution is 7.90. The maximum Gasteiger partial charge on any atom is 0.229 e. The second-order valence-corrected chi connectivity index (χ2v) is 10.6. The lowest BCUT2D eigenvalue weighted by Gasteiger charge is -2.09. The third kappa shape index (κ3) is 6.80. The average molecular weight is 499 g/mol. The molecule has 4 N–H and O–H groups in total. The van der Waals surface area contributed by atoms with E-state index in [4.69, 9.17) is 10.8 Å². The molecule has 0 aliphatic rings. The molecule has 2 aromatic carbocycles. The van der Waals surface area contributed by atoms with Crippen molar-refractivity contribution in [3.05, 3.63) is 70.9 Å². The number of hydrogen-bond donors (Lipinski definition) is 3. The predicted octanol–water partition coefficient (Wildman–Crippen LogP) is 3.56. The van der Waals surface area contributed by atoms with Crippen molar-refractivity contribution in [1.82, 2.24) is 20.2 Å². The number of aromatic nitrogens is 4. The van der Waals surface area contributed by atoms with Crippen molar-refractivity contribution in [2.24, 2.45) is 0 Å². The summed E-state index contributed by atoms with van der Waals surface area (Å²) in [5.41, 5.74) is 9.13. The first kappa shape index (κ1) is 25.2. The van der Waals surface area contributed by atoms with E-state index in [1.807, 2.05) is 37.3 Å². The van der Waals surface area contributed by atoms with Gasteiger partial charge in [-0.05, 0) is 49.6 Å². The lowest BCUT2D eigenvalue weighted by molar-refractivity contribution is 0.299. The molecule has 4 aromatic rings. The Labute approximate surface area is 202 Å². The normalized spacial score (nSPS) is 10.9. The van der Waals surface area contributed by atoms with Crippen molar-refractivity contribution in [3.63, 3.8) is 0 Å². The summed E-state index contributed by atoms with van der Waals surface area (Å²) in [6, 6.07) is 14.9. The fourth-order valence-electron chi connectivity index (χ4n) is 3.07. The molecule has 11 heteroatoms. The van der Waals surface area contributed by atoms with Gasteiger partial charge in [-0.1, -0.05) is 41.7 Å². The molecule has 0 unspecified atom stereocenters. The van der Waals surface area contributed by atoms with Gasteiger partial charge in [0.1, 0.15) is 10.8 Å². The number of nitrogen functional groups attached to an aromatic ring is 1. The SMILES string of the molecule is Cc1nnc(-c2cnc(Nc3ccc(S(C)(=O)=O)c(C)c3)nc2N)s1.OCCc1ccccc1. The molecule has 2 heterocycles. The van der Waals surface area contributed by atoms with E-state index in [0.29, 0.717) is 32.7 Å². The van der Waals surface area contributed by atoms with Gasteiger partial charge in [0, 0.05) is 24.7 Å². The maximum atomic E-state index is 11.7. The molecule has 0 amide bonds. The number of aliphatic hydroxyl groups is 1. The summed E-state index contributed by atoms with van der Waals surface area (Å²) in [7, 11) is -3.25. The van der Waals surface area contributed by atoms with Gasteiger partial charge in [-0.3, -0.25) is 0 Å². The van der Waals surface area contributed by atoms with Gasteiger partial charge in [-0.25, -0.2) is 13.4 Å². The van der Waals surface area contributed by atoms with Gasteiger partial charge < -0.3 is 16.2 Å². The van der Waals surface area contributed by atoms with E-state index in [1.165, 1.54) is 23.2 Å². The van der Waals surface area contributed by atoms with Crippen molar-refractivity contribution in [2.45, 2.75) is 25.2 Å². The van der Waals surface area contributed by atoms with Crippen molar-refractivity contribution in [1.29, 1.82) is 0 Å². The van der Waals surface area contributed by atoms with Crippen LogP contribution in [0.5, 0.6) is 0 Å². The van der Waals surface area contributed by atoms with Gasteiger partial charge in [0.05, 0.1) is 10.5 Å². The summed E-state index contributed by atoms with van der Waals surface area (Å²) in [6.07, 6.45) is 3.53. The van der Waals surface area contributed by atoms with Crippen LogP contribution in [0, 0.1) is 13.8 Å². The molecule has 178 valence electrons. The Balaban J connectivity index is 0.000000302. The molecule has 0 spiro atoms. The molecule has 4 rings (SSSR count). The Morgan fingerprint density at radius 2 is 1.82 bits per heavy atom. The maximum absolute atomic E-state index is 11.7. The molecule has 0 bridgehead atoms. The van der Waals surface area contributed by atoms with Crippen LogP contribution in [-0.2, 0) is 16.3 Å². The molecular weight excluding hydrogens is 472 g/mol. The second-order valence-electron chi connectivity index (χ2n) is 7.46. The summed E-state index contributed by atoms with van der Waals surface area (Å²) in [5, 5.41) is 21.0. The molecule has 0 radical (unpaired) electrons. The van der Waals surface area contributed by atoms with E-state index in [-0.39, 0.29) is 12.4 Å². The van der Waals surface area contributed by atoms with Gasteiger partial charge in [-0.2, -0.15) is 4.98 Å². The van der Waals surface area contributed by atoms with Crippen LogP contribution in [0.3, 0.4) is 0 Å². The Hall–Kier alpha value is -3.41. The second kappa shape index (κ2) is 11.1. The molecule has 0 aliphatic heterocycles. The summed E-state index contributed by atoms with van der Waals surface area (Å²) >= 11 is 1.41. The molecule has 0 saturated carbocycles. The van der Waals surface area contributed by atoms with Crippen LogP contribution in [0.2, 0.25) is 0 Å². The molecular formula is C23H26N6O3S2. The minimum Gasteiger partial charge on any atom is -0.396 e. The predicted molar refractivity (Wildman–Crippen MR) is 135 cm³/mol. The molecule has 2 aromatic heterocycles. The number of benzene rings is 2. The Bertz CT molecular complexity index is 1360. The van der Waals surface area contributed by atoms with Crippen molar-refractivity contribution >= 4 is 38.6 Å². The van der Waals surface area contributed by atoms with Crippen molar-refractivity contribution in [2.75, 3.05) is 23.9 Å². The highest BCUT2D eigenvalue weighted by Gasteiger charge is 2.13. The smallest absolute Gasteiger partial charge is 0.229 e. The molecule has 0 atom stereocenters. The van der Waals surface area contributed by atoms with E-state index < -0.39 is 9.84 Å². The summed E-state index contributed by atoms with van der Waals surface area (Å²) in [6.45, 7) is 3.83. The van der Waals surface area contributed by atoms with E-state index in [9.17, 15) is 8.42 Å². The topological polar surface area (TPSA) is 144 Å². The molecule has 0 fully saturated rings. The Morgan fingerprint density at radius 3 is 2.38 bits per heavy atom. The van der Waals surface area contributed by atoms with Gasteiger partial charge in [0.15, 0.2) is 14.8 Å². The Morgan fingerprint density at radius 1 is 1.09 bits per heavy atom. The standard InChI is InChI=1S/C15H16N6O2S2.C8H10O/c1-8-6-10(4-5-12(8)25(3,22)23)18-15-17-7-11(13(16)19-15)14-21-20-9(2)24-14;9-7-6-8-4-2-1-3-5-8/h4-7H,1-3H3,(H3,16,17,18,19);1-5,9H,6-7H2. The lowest BCUT2D eigenvalue weighted by Crippen LogP contribution is -2.04. The van der Waals surface area contributed by atoms with Crippen LogP contribution in [-0.4, -0.2) is 46.6 Å². The fraction of sp³-hybridized carbons (Fsp3) is 0.217. The minimum atomic E-state index is -3.25. The zero-order valence-corrected chi connectivity index (χ0v) is 20.7. The number of nitrogens with zero attached hydrogens (tertiary/aromatic N) is 4. The number of aryl methyl sites for hydroxylation is 2. The van der Waals surface area contributed by atoms with Crippen LogP contribution in [0.25, 0.3) is 10.6 Å². The number of nitrogens with one attached hydrogen (secondary N) is 1. The molecule has 0 saturated heterocycles. The van der Waals surface area contributed by atoms with Crippen LogP contribution in [0.4, 0.5) is 17.5 Å². The fourth-order valence-corrected chi connectivity index (χ4v) is 4.74. The molecule has 9 nitrogen and oxygen atoms in total. The van der Waals surface area contributed by atoms with E-state index in [0.717, 1.165) is 11.4 Å². The third-order valence-corrected chi connectivity index (χ3v) is 6.78. The van der Waals surface area contributed by atoms with Crippen molar-refractivity contribution < 1.29 is 13.5 Å². The first-order valence-corrected chi connectivity index (χ1v) is 13.0. The van der Waals surface area contributed by atoms with Crippen molar-refractivity contribution in [3.8, 4) is 10.6 Å². The van der Waals surface area contributed by atoms with Gasteiger partial charge in [0.25, 0.3) is 0 Å². The zero-order valence-electron chi connectivity index (χ0n) is 19.1. The van der Waals surface area contributed by atoms with E-state index >= 15 is 0 Å². The highest BCUT2D eigenvalue weighted by atomic mass is 32.2. The zero-order chi connectivity index (χ0) is 24.7. The number of nitrogens with two attached hydrogens (primary N) is 1. The Kier molecular flexibility index (Phi) is 8.26. The van der Waals surface area contributed by atoms with E-state index in [1.54, 1.807) is 31.3 Å². The molecule has 0 aliphatic carbocycles. The van der Waals surface area contributed by atoms with Gasteiger partial charge in [-0.15, -0.1) is 10.2 Å². The van der Waals surface area contributed by atoms with Crippen LogP contribution < -0.4 is 11.1 Å². The first-order chi connectivity index (χ1) is 16.2. The number of rotatable bonds is 6. The average Bonchev–Trinajstić information content (AvgIpc) is 3.20. The van der Waals surface area contributed by atoms with Gasteiger partial charge >= 0.3 is 0 Å². The van der Waals surface area contributed by atoms with E-state index in [2.05, 4.69) is 25.5 Å². The van der Waals surface area contributed by atoms with Crippen LogP contribution in [0.15, 0.2) is 59.6 Å². The third-order valence-electron chi connectivity index (χ3n) is 4.65. The molecule has 34 heavy (non-hydrogen) atoms. The summed E-state index contributed by atoms with van der Waals surface area (Å²) < 4.78 is 23.3. The number of sulfone groups is 1. The quantitative estimate of drug-likeness (QED) is 0.363. The van der Waals surface area contributed by atoms with Crippen LogP contribution >= 0.6 is 11.3 Å². The summed E-state index contributed by atoms with van der Waals surface area (Å²) in [5.74, 6) is 0.604. The monoisotopic (exact) mass is 498 g/mol. The number of hydrogen-bond acceptors (Lipinski definition) is 10. The lowest BCUT2D eigenvalue weighted by atomic mass is 10.2. The first-order valence-electron chi connectivity index (χ1n) is 10.3. The van der Waals surface area contributed by atoms with Gasteiger partial charge in [0.2, 0.25) is 5.95 Å².